The van der Waals surface area contributed by atoms with Crippen molar-refractivity contribution < 1.29 is 148 Å². The molecule has 13 rings (SSSR count). The van der Waals surface area contributed by atoms with Crippen molar-refractivity contribution in [1.82, 2.24) is 14.7 Å². The number of nitrogens with zero attached hydrogens (tertiary/aromatic N) is 5. The molecule has 1 aliphatic carbocycles. The zero-order chi connectivity index (χ0) is 88.8. The Morgan fingerprint density at radius 3 is 1.31 bits per heavy atom. The van der Waals surface area contributed by atoms with Crippen molar-refractivity contribution in [1.29, 1.82) is 0 Å². The number of benzene rings is 5. The van der Waals surface area contributed by atoms with E-state index in [4.69, 9.17) is 80.5 Å². The van der Waals surface area contributed by atoms with Crippen molar-refractivity contribution in [2.75, 3.05) is 52.3 Å². The summed E-state index contributed by atoms with van der Waals surface area (Å²) in [6, 6.07) is 25.2. The van der Waals surface area contributed by atoms with E-state index in [9.17, 15) is 58.2 Å². The third-order valence-corrected chi connectivity index (χ3v) is 23.2. The third kappa shape index (κ3) is 19.7. The van der Waals surface area contributed by atoms with Crippen LogP contribution in [0.15, 0.2) is 114 Å². The molecule has 124 heavy (non-hydrogen) atoms. The number of fused-ring (bicyclic) bond motifs is 6. The molecule has 5 aromatic carbocycles. The van der Waals surface area contributed by atoms with Gasteiger partial charge in [-0.25, -0.2) is 24.2 Å². The molecule has 0 spiro atoms. The zero-order valence-corrected chi connectivity index (χ0v) is 71.0. The second-order valence-electron chi connectivity index (χ2n) is 30.2. The molecule has 658 valence electrons. The SMILES string of the molecule is COC(=O)[C@H]1C[C@@H](Oc2ccc(COC(=O)N3c4cc(OCc5cc(COc6cc7c(cc6OC)C(=O)N6Cc8ccsc8C[C@H]6C(O)N7C(=O)OCc6ccc(O[C@@H]7O[C@H](C(=O)OC)[C@@H](OC(C)=O)[C@H](OC(C)=O)[C@H]7OC(C)=O)cc6)cc(CN(C)C)c5)c(OC)cc4C(=O)N4Cc5ccsc5C[C@H]4C3O)cc2)[C@H](OC(C)=O)[C@@H](OC(C)=O)[C@@H]1OC(C)=O. The van der Waals surface area contributed by atoms with Gasteiger partial charge in [0.2, 0.25) is 12.4 Å². The summed E-state index contributed by atoms with van der Waals surface area (Å²) >= 11 is 2.90. The lowest BCUT2D eigenvalue weighted by atomic mass is 9.80. The summed E-state index contributed by atoms with van der Waals surface area (Å²) in [4.78, 5) is 170. The van der Waals surface area contributed by atoms with Crippen molar-refractivity contribution in [3.63, 3.8) is 0 Å². The van der Waals surface area contributed by atoms with E-state index in [0.717, 1.165) is 92.0 Å². The maximum absolute atomic E-state index is 15.1. The number of carbonyl (C=O) groups is 12. The highest BCUT2D eigenvalue weighted by Crippen LogP contribution is 2.47. The predicted octanol–water partition coefficient (Wildman–Crippen LogP) is 7.94. The maximum Gasteiger partial charge on any atom is 0.416 e. The molecule has 0 radical (unpaired) electrons. The third-order valence-electron chi connectivity index (χ3n) is 21.3. The first kappa shape index (κ1) is 89.1. The Kier molecular flexibility index (Phi) is 27.6. The fraction of sp³-hybridized carbons (Fsp3) is 0.419. The predicted molar refractivity (Wildman–Crippen MR) is 431 cm³/mol. The molecule has 2 N–H and O–H groups in total. The highest BCUT2D eigenvalue weighted by Gasteiger charge is 2.58. The van der Waals surface area contributed by atoms with Crippen LogP contribution in [-0.4, -0.2) is 219 Å². The maximum atomic E-state index is 15.1. The monoisotopic (exact) mass is 1750 g/mol. The molecule has 4 amide bonds. The lowest BCUT2D eigenvalue weighted by Crippen LogP contribution is -2.64. The van der Waals surface area contributed by atoms with E-state index in [2.05, 4.69) is 0 Å². The Bertz CT molecular complexity index is 4920. The number of amides is 4. The van der Waals surface area contributed by atoms with Crippen LogP contribution in [-0.2, 0) is 149 Å². The molecule has 38 heteroatoms. The van der Waals surface area contributed by atoms with Crippen molar-refractivity contribution in [3.8, 4) is 34.5 Å². The van der Waals surface area contributed by atoms with Gasteiger partial charge in [-0.2, -0.15) is 0 Å². The van der Waals surface area contributed by atoms with Gasteiger partial charge >= 0.3 is 59.9 Å². The lowest BCUT2D eigenvalue weighted by molar-refractivity contribution is -0.282. The number of anilines is 2. The molecule has 7 heterocycles. The molecule has 36 nitrogen and oxygen atoms in total. The van der Waals surface area contributed by atoms with E-state index < -0.39 is 171 Å². The van der Waals surface area contributed by atoms with Crippen LogP contribution in [0, 0.1) is 5.92 Å². The normalized spacial score (nSPS) is 22.9. The number of methoxy groups -OCH3 is 4. The summed E-state index contributed by atoms with van der Waals surface area (Å²) in [5.74, 6) is -8.72. The summed E-state index contributed by atoms with van der Waals surface area (Å²) in [6.07, 6.45) is -19.1. The van der Waals surface area contributed by atoms with Gasteiger partial charge in [-0.05, 0) is 118 Å². The fourth-order valence-electron chi connectivity index (χ4n) is 16.0. The standard InChI is InChI=1S/C86H91N5O31S2/c1-42(92)114-71-59(82(102)108-11)30-68(72(115-43(2)93)73(71)116-44(3)94)120-55-17-13-48(14-18-55)38-112-85(104)90-60-31-66(64(106-9)28-57(60)78(98)88-36-53-21-23-123-69(53)33-62(88)80(90)100)110-40-51-25-50(35-87(7)8)26-52(27-51)41-111-67-32-61-58(29-65(67)107-10)79(99)89-37-54-22-24-124-70(54)34-63(89)81(101)91(61)86(105)113-39-49-15-19-56(20-16-49)121-84-77(119-47(6)97)75(118-46(5)96)74(117-45(4)95)76(122-84)83(103)109-12/h13-29,31-32,59,62-63,68,71-77,80-81,84,100-101H,30,33-41H2,1-12H3/t59-,62-,63-,68+,71+,72-,73-,74-,75-,76-,77+,80?,81?,84+/m0/s1. The number of esters is 8. The highest BCUT2D eigenvalue weighted by molar-refractivity contribution is 7.10. The van der Waals surface area contributed by atoms with Gasteiger partial charge in [0.1, 0.15) is 49.9 Å². The Balaban J connectivity index is 0.748. The van der Waals surface area contributed by atoms with Crippen LogP contribution in [0.4, 0.5) is 21.0 Å². The lowest BCUT2D eigenvalue weighted by Gasteiger charge is -2.43. The molecular formula is C86H91N5O31S2. The number of ether oxygens (including phenoxy) is 17. The molecule has 2 unspecified atom stereocenters. The van der Waals surface area contributed by atoms with Crippen LogP contribution in [0.25, 0.3) is 0 Å². The molecular weight excluding hydrogens is 1660 g/mol. The van der Waals surface area contributed by atoms with Gasteiger partial charge in [0.25, 0.3) is 11.8 Å². The summed E-state index contributed by atoms with van der Waals surface area (Å²) < 4.78 is 98.5. The first-order valence-electron chi connectivity index (χ1n) is 39.1. The summed E-state index contributed by atoms with van der Waals surface area (Å²) in [5.41, 5.74) is 4.33. The van der Waals surface area contributed by atoms with Crippen molar-refractivity contribution >= 4 is 106 Å². The summed E-state index contributed by atoms with van der Waals surface area (Å²) in [5, 5.41) is 29.0. The number of hydrogen-bond acceptors (Lipinski definition) is 34. The minimum Gasteiger partial charge on any atom is -0.493 e. The van der Waals surface area contributed by atoms with Gasteiger partial charge in [-0.15, -0.1) is 22.7 Å². The van der Waals surface area contributed by atoms with E-state index in [1.165, 1.54) is 107 Å². The van der Waals surface area contributed by atoms with E-state index in [1.807, 2.05) is 60.1 Å². The molecule has 1 saturated heterocycles. The van der Waals surface area contributed by atoms with Crippen LogP contribution in [0.2, 0.25) is 0 Å². The Morgan fingerprint density at radius 1 is 0.460 bits per heavy atom. The van der Waals surface area contributed by atoms with Crippen molar-refractivity contribution in [3.05, 3.63) is 174 Å². The van der Waals surface area contributed by atoms with Gasteiger partial charge in [0, 0.05) is 102 Å². The Labute approximate surface area is 718 Å². The molecule has 0 bridgehead atoms. The molecule has 5 aliphatic heterocycles. The molecule has 14 atom stereocenters. The molecule has 2 fully saturated rings. The largest absolute Gasteiger partial charge is 0.493 e. The molecule has 2 aromatic heterocycles. The van der Waals surface area contributed by atoms with Crippen LogP contribution >= 0.6 is 22.7 Å². The van der Waals surface area contributed by atoms with Gasteiger partial charge in [-0.1, -0.05) is 36.4 Å². The van der Waals surface area contributed by atoms with Crippen LogP contribution in [0.1, 0.15) is 117 Å². The first-order valence-corrected chi connectivity index (χ1v) is 40.9. The Hall–Kier alpha value is -12.6. The number of aliphatic hydroxyl groups excluding tert-OH is 2. The summed E-state index contributed by atoms with van der Waals surface area (Å²) in [6.45, 7) is 5.97. The smallest absolute Gasteiger partial charge is 0.416 e. The van der Waals surface area contributed by atoms with E-state index in [-0.39, 0.29) is 103 Å². The van der Waals surface area contributed by atoms with Gasteiger partial charge in [-0.3, -0.25) is 43.2 Å². The number of aliphatic hydroxyl groups is 2. The average molecular weight is 1750 g/mol. The highest BCUT2D eigenvalue weighted by atomic mass is 32.1. The minimum absolute atomic E-state index is 0.0205. The van der Waals surface area contributed by atoms with Crippen LogP contribution < -0.4 is 38.2 Å². The van der Waals surface area contributed by atoms with E-state index in [0.29, 0.717) is 28.8 Å². The average Bonchev–Trinajstić information content (AvgIpc) is 1.61. The van der Waals surface area contributed by atoms with Gasteiger partial charge < -0.3 is 105 Å². The fourth-order valence-corrected chi connectivity index (χ4v) is 17.9. The second-order valence-corrected chi connectivity index (χ2v) is 32.2. The second kappa shape index (κ2) is 38.4. The van der Waals surface area contributed by atoms with E-state index >= 15 is 9.59 Å². The minimum atomic E-state index is -1.73. The van der Waals surface area contributed by atoms with E-state index in [1.54, 1.807) is 12.1 Å². The molecule has 1 saturated carbocycles. The topological polar surface area (TPSA) is 418 Å². The summed E-state index contributed by atoms with van der Waals surface area (Å²) in [7, 11) is 8.71. The quantitative estimate of drug-likeness (QED) is 0.0383. The number of thiophene rings is 2. The van der Waals surface area contributed by atoms with Crippen molar-refractivity contribution in [2.45, 2.75) is 187 Å². The van der Waals surface area contributed by atoms with Gasteiger partial charge in [0.05, 0.1) is 63.0 Å². The molecule has 7 aromatic rings. The first-order chi connectivity index (χ1) is 59.3. The molecule has 6 aliphatic rings. The Morgan fingerprint density at radius 2 is 0.871 bits per heavy atom. The number of carbonyl (C=O) groups excluding carboxylic acids is 12. The van der Waals surface area contributed by atoms with Crippen LogP contribution in [0.3, 0.4) is 0 Å². The number of rotatable bonds is 26. The van der Waals surface area contributed by atoms with Gasteiger partial charge in [0.15, 0.2) is 72.1 Å². The number of hydrogen-bond donors (Lipinski definition) is 2. The van der Waals surface area contributed by atoms with Crippen LogP contribution in [0.5, 0.6) is 34.5 Å². The van der Waals surface area contributed by atoms with Crippen molar-refractivity contribution in [2.24, 2.45) is 5.92 Å². The zero-order valence-electron chi connectivity index (χ0n) is 69.4.